The number of likely N-dealkylation sites (tertiary alicyclic amines) is 1. The molecule has 2 saturated heterocycles. The molecule has 0 aromatic carbocycles. The molecule has 3 fully saturated rings. The van der Waals surface area contributed by atoms with E-state index in [0.29, 0.717) is 29.8 Å². The predicted molar refractivity (Wildman–Crippen MR) is 81.4 cm³/mol. The number of hydrogen-bond acceptors (Lipinski definition) is 2. The van der Waals surface area contributed by atoms with Crippen LogP contribution < -0.4 is 5.32 Å². The molecule has 0 spiro atoms. The Labute approximate surface area is 123 Å². The highest BCUT2D eigenvalue weighted by atomic mass is 16.2. The van der Waals surface area contributed by atoms with Gasteiger partial charge in [0.1, 0.15) is 0 Å². The van der Waals surface area contributed by atoms with Crippen LogP contribution in [-0.4, -0.2) is 35.5 Å². The first kappa shape index (κ1) is 14.4. The van der Waals surface area contributed by atoms with Crippen molar-refractivity contribution in [2.24, 2.45) is 17.8 Å². The zero-order chi connectivity index (χ0) is 14.3. The van der Waals surface area contributed by atoms with Crippen LogP contribution >= 0.6 is 0 Å². The third-order valence-corrected chi connectivity index (χ3v) is 6.04. The summed E-state index contributed by atoms with van der Waals surface area (Å²) in [4.78, 5) is 15.1. The van der Waals surface area contributed by atoms with Crippen molar-refractivity contribution in [3.8, 4) is 0 Å². The molecule has 6 atom stereocenters. The molecule has 3 rings (SSSR count). The highest BCUT2D eigenvalue weighted by molar-refractivity contribution is 5.82. The number of fused-ring (bicyclic) bond motifs is 1. The molecule has 1 N–H and O–H groups in total. The predicted octanol–water partition coefficient (Wildman–Crippen LogP) is 2.80. The van der Waals surface area contributed by atoms with E-state index in [1.54, 1.807) is 0 Å². The Bertz CT molecular complexity index is 356. The maximum atomic E-state index is 12.9. The molecule has 0 bridgehead atoms. The zero-order valence-electron chi connectivity index (χ0n) is 13.3. The number of hydrogen-bond donors (Lipinski definition) is 1. The minimum atomic E-state index is 0.100. The van der Waals surface area contributed by atoms with Crippen molar-refractivity contribution in [3.05, 3.63) is 0 Å². The first-order valence-electron chi connectivity index (χ1n) is 8.62. The molecule has 2 heterocycles. The maximum Gasteiger partial charge on any atom is 0.239 e. The molecule has 0 aromatic heterocycles. The van der Waals surface area contributed by atoms with Crippen LogP contribution in [0, 0.1) is 17.8 Å². The van der Waals surface area contributed by atoms with E-state index >= 15 is 0 Å². The van der Waals surface area contributed by atoms with Crippen molar-refractivity contribution >= 4 is 5.91 Å². The lowest BCUT2D eigenvalue weighted by molar-refractivity contribution is -0.139. The summed E-state index contributed by atoms with van der Waals surface area (Å²) in [6.07, 6.45) is 7.63. The second-order valence-corrected chi connectivity index (χ2v) is 7.66. The van der Waals surface area contributed by atoms with Gasteiger partial charge in [-0.15, -0.1) is 0 Å². The highest BCUT2D eigenvalue weighted by Gasteiger charge is 2.42. The Balaban J connectivity index is 1.66. The van der Waals surface area contributed by atoms with Crippen LogP contribution in [-0.2, 0) is 4.79 Å². The van der Waals surface area contributed by atoms with Gasteiger partial charge in [-0.25, -0.2) is 0 Å². The average molecular weight is 278 g/mol. The van der Waals surface area contributed by atoms with Crippen LogP contribution in [0.3, 0.4) is 0 Å². The van der Waals surface area contributed by atoms with E-state index in [-0.39, 0.29) is 6.04 Å². The van der Waals surface area contributed by atoms with Gasteiger partial charge < -0.3 is 10.2 Å². The van der Waals surface area contributed by atoms with E-state index in [0.717, 1.165) is 18.9 Å². The largest absolute Gasteiger partial charge is 0.338 e. The normalized spacial score (nSPS) is 45.2. The number of piperidine rings is 1. The molecule has 114 valence electrons. The lowest BCUT2D eigenvalue weighted by Crippen LogP contribution is -2.54. The van der Waals surface area contributed by atoms with Crippen LogP contribution in [0.15, 0.2) is 0 Å². The molecular formula is C17H30N2O. The molecule has 2 aliphatic heterocycles. The van der Waals surface area contributed by atoms with Crippen molar-refractivity contribution in [1.82, 2.24) is 10.2 Å². The standard InChI is InChI=1S/C17H30N2O/c1-11-8-12(2)13(3)19(10-11)17(20)16-9-14-6-4-5-7-15(14)18-16/h11-16,18H,4-10H2,1-3H3. The second kappa shape index (κ2) is 5.67. The SMILES string of the molecule is CC1CC(C)C(C)N(C(=O)C2CC3CCCCC3N2)C1. The third-order valence-electron chi connectivity index (χ3n) is 6.04. The minimum Gasteiger partial charge on any atom is -0.338 e. The molecular weight excluding hydrogens is 248 g/mol. The van der Waals surface area contributed by atoms with E-state index < -0.39 is 0 Å². The van der Waals surface area contributed by atoms with Crippen LogP contribution in [0.5, 0.6) is 0 Å². The van der Waals surface area contributed by atoms with Gasteiger partial charge in [0.25, 0.3) is 0 Å². The first-order chi connectivity index (χ1) is 9.56. The van der Waals surface area contributed by atoms with E-state index in [1.807, 2.05) is 0 Å². The number of nitrogens with one attached hydrogen (secondary N) is 1. The minimum absolute atomic E-state index is 0.100. The Hall–Kier alpha value is -0.570. The highest BCUT2D eigenvalue weighted by Crippen LogP contribution is 2.35. The van der Waals surface area contributed by atoms with Gasteiger partial charge in [-0.3, -0.25) is 4.79 Å². The van der Waals surface area contributed by atoms with Gasteiger partial charge in [0, 0.05) is 18.6 Å². The van der Waals surface area contributed by atoms with Gasteiger partial charge in [-0.05, 0) is 50.4 Å². The molecule has 0 radical (unpaired) electrons. The number of rotatable bonds is 1. The fourth-order valence-corrected chi connectivity index (χ4v) is 4.72. The lowest BCUT2D eigenvalue weighted by atomic mass is 9.84. The van der Waals surface area contributed by atoms with E-state index in [4.69, 9.17) is 0 Å². The topological polar surface area (TPSA) is 32.3 Å². The first-order valence-corrected chi connectivity index (χ1v) is 8.62. The van der Waals surface area contributed by atoms with Gasteiger partial charge in [-0.2, -0.15) is 0 Å². The molecule has 1 amide bonds. The summed E-state index contributed by atoms with van der Waals surface area (Å²) in [5, 5.41) is 3.65. The number of carbonyl (C=O) groups excluding carboxylic acids is 1. The number of carbonyl (C=O) groups is 1. The van der Waals surface area contributed by atoms with Crippen molar-refractivity contribution in [2.45, 2.75) is 77.4 Å². The summed E-state index contributed by atoms with van der Waals surface area (Å²) in [5.41, 5.74) is 0. The van der Waals surface area contributed by atoms with Crippen molar-refractivity contribution in [2.75, 3.05) is 6.54 Å². The summed E-state index contributed by atoms with van der Waals surface area (Å²) in [6, 6.07) is 1.12. The lowest BCUT2D eigenvalue weighted by Gasteiger charge is -2.42. The van der Waals surface area contributed by atoms with Crippen LogP contribution in [0.1, 0.15) is 59.3 Å². The van der Waals surface area contributed by atoms with Crippen molar-refractivity contribution in [1.29, 1.82) is 0 Å². The van der Waals surface area contributed by atoms with Gasteiger partial charge in [0.05, 0.1) is 6.04 Å². The Morgan fingerprint density at radius 2 is 1.85 bits per heavy atom. The summed E-state index contributed by atoms with van der Waals surface area (Å²) in [7, 11) is 0. The van der Waals surface area contributed by atoms with Gasteiger partial charge in [0.15, 0.2) is 0 Å². The molecule has 1 saturated carbocycles. The Morgan fingerprint density at radius 1 is 1.10 bits per heavy atom. The van der Waals surface area contributed by atoms with Crippen molar-refractivity contribution < 1.29 is 4.79 Å². The van der Waals surface area contributed by atoms with E-state index in [2.05, 4.69) is 31.0 Å². The smallest absolute Gasteiger partial charge is 0.239 e. The molecule has 3 aliphatic rings. The number of amides is 1. The molecule has 3 heteroatoms. The van der Waals surface area contributed by atoms with Crippen LogP contribution in [0.4, 0.5) is 0 Å². The molecule has 3 nitrogen and oxygen atoms in total. The summed E-state index contributed by atoms with van der Waals surface area (Å²) in [5.74, 6) is 2.41. The van der Waals surface area contributed by atoms with Gasteiger partial charge >= 0.3 is 0 Å². The average Bonchev–Trinajstić information content (AvgIpc) is 2.86. The summed E-state index contributed by atoms with van der Waals surface area (Å²) >= 11 is 0. The number of nitrogens with zero attached hydrogens (tertiary/aromatic N) is 1. The third kappa shape index (κ3) is 2.61. The molecule has 20 heavy (non-hydrogen) atoms. The van der Waals surface area contributed by atoms with Crippen LogP contribution in [0.2, 0.25) is 0 Å². The van der Waals surface area contributed by atoms with E-state index in [9.17, 15) is 4.79 Å². The van der Waals surface area contributed by atoms with Crippen LogP contribution in [0.25, 0.3) is 0 Å². The summed E-state index contributed by atoms with van der Waals surface area (Å²) < 4.78 is 0. The molecule has 1 aliphatic carbocycles. The molecule has 0 aromatic rings. The maximum absolute atomic E-state index is 12.9. The monoisotopic (exact) mass is 278 g/mol. The van der Waals surface area contributed by atoms with Gasteiger partial charge in [-0.1, -0.05) is 26.7 Å². The fraction of sp³-hybridized carbons (Fsp3) is 0.941. The second-order valence-electron chi connectivity index (χ2n) is 7.66. The Kier molecular flexibility index (Phi) is 4.07. The van der Waals surface area contributed by atoms with Crippen molar-refractivity contribution in [3.63, 3.8) is 0 Å². The zero-order valence-corrected chi connectivity index (χ0v) is 13.3. The quantitative estimate of drug-likeness (QED) is 0.800. The fourth-order valence-electron chi connectivity index (χ4n) is 4.72. The van der Waals surface area contributed by atoms with Gasteiger partial charge in [0.2, 0.25) is 5.91 Å². The summed E-state index contributed by atoms with van der Waals surface area (Å²) in [6.45, 7) is 7.77. The molecule has 6 unspecified atom stereocenters. The van der Waals surface area contributed by atoms with E-state index in [1.165, 1.54) is 32.1 Å². The Morgan fingerprint density at radius 3 is 2.60 bits per heavy atom.